The van der Waals surface area contributed by atoms with Crippen molar-refractivity contribution in [2.75, 3.05) is 11.9 Å². The Morgan fingerprint density at radius 1 is 1.23 bits per heavy atom. The minimum atomic E-state index is -0.419. The molecule has 1 aliphatic rings. The van der Waals surface area contributed by atoms with Gasteiger partial charge in [0.2, 0.25) is 5.43 Å². The molecule has 0 saturated heterocycles. The van der Waals surface area contributed by atoms with Crippen LogP contribution < -0.4 is 15.5 Å². The lowest BCUT2D eigenvalue weighted by Gasteiger charge is -2.14. The van der Waals surface area contributed by atoms with Crippen molar-refractivity contribution in [1.82, 2.24) is 4.57 Å². The number of amides is 1. The van der Waals surface area contributed by atoms with Crippen LogP contribution in [0.5, 0.6) is 5.75 Å². The first-order valence-corrected chi connectivity index (χ1v) is 8.80. The Hall–Kier alpha value is -3.08. The van der Waals surface area contributed by atoms with Crippen molar-refractivity contribution in [3.05, 3.63) is 70.0 Å². The predicted molar refractivity (Wildman–Crippen MR) is 102 cm³/mol. The fourth-order valence-corrected chi connectivity index (χ4v) is 3.62. The Morgan fingerprint density at radius 2 is 2.04 bits per heavy atom. The first-order chi connectivity index (χ1) is 12.6. The third kappa shape index (κ3) is 2.56. The third-order valence-corrected chi connectivity index (χ3v) is 4.81. The van der Waals surface area contributed by atoms with Crippen molar-refractivity contribution in [2.24, 2.45) is 0 Å². The van der Waals surface area contributed by atoms with Crippen molar-refractivity contribution >= 4 is 22.5 Å². The van der Waals surface area contributed by atoms with E-state index in [0.29, 0.717) is 23.4 Å². The van der Waals surface area contributed by atoms with Crippen LogP contribution in [0.2, 0.25) is 0 Å². The molecule has 4 rings (SSSR count). The second-order valence-corrected chi connectivity index (χ2v) is 6.53. The average Bonchev–Trinajstić information content (AvgIpc) is 2.96. The molecule has 1 atom stereocenters. The Morgan fingerprint density at radius 3 is 2.85 bits per heavy atom. The number of carbonyl (C=O) groups is 1. The summed E-state index contributed by atoms with van der Waals surface area (Å²) in [6, 6.07) is 13.2. The molecule has 0 radical (unpaired) electrons. The minimum absolute atomic E-state index is 0.148. The monoisotopic (exact) mass is 348 g/mol. The van der Waals surface area contributed by atoms with Crippen LogP contribution in [-0.2, 0) is 6.42 Å². The van der Waals surface area contributed by atoms with Crippen LogP contribution in [0.25, 0.3) is 10.9 Å². The summed E-state index contributed by atoms with van der Waals surface area (Å²) in [5.74, 6) is 0.168. The Kier molecular flexibility index (Phi) is 3.99. The number of hydrogen-bond donors (Lipinski definition) is 1. The molecule has 0 aliphatic carbocycles. The van der Waals surface area contributed by atoms with Crippen molar-refractivity contribution in [2.45, 2.75) is 26.3 Å². The molecule has 5 heteroatoms. The zero-order valence-electron chi connectivity index (χ0n) is 14.8. The van der Waals surface area contributed by atoms with E-state index in [1.807, 2.05) is 35.8 Å². The zero-order valence-corrected chi connectivity index (χ0v) is 14.8. The van der Waals surface area contributed by atoms with Gasteiger partial charge in [0.05, 0.1) is 17.8 Å². The number of para-hydroxylation sites is 3. The molecule has 3 aromatic rings. The molecule has 1 aliphatic heterocycles. The number of benzene rings is 2. The van der Waals surface area contributed by atoms with E-state index in [1.54, 1.807) is 24.4 Å². The van der Waals surface area contributed by atoms with E-state index in [9.17, 15) is 9.59 Å². The maximum atomic E-state index is 12.9. The molecular formula is C21H20N2O3. The summed E-state index contributed by atoms with van der Waals surface area (Å²) in [6.45, 7) is 4.47. The number of anilines is 1. The van der Waals surface area contributed by atoms with E-state index in [-0.39, 0.29) is 17.0 Å². The number of ether oxygens (including phenoxy) is 1. The molecule has 0 spiro atoms. The molecule has 1 amide bonds. The van der Waals surface area contributed by atoms with Gasteiger partial charge in [-0.3, -0.25) is 9.59 Å². The molecule has 2 heterocycles. The SMILES string of the molecule is CCOc1ccccc1NC(=O)c1cn2c3c(cccc3c1=O)CC2C. The van der Waals surface area contributed by atoms with E-state index in [0.717, 1.165) is 17.5 Å². The zero-order chi connectivity index (χ0) is 18.3. The molecule has 0 bridgehead atoms. The molecule has 26 heavy (non-hydrogen) atoms. The maximum Gasteiger partial charge on any atom is 0.261 e. The fraction of sp³-hybridized carbons (Fsp3) is 0.238. The van der Waals surface area contributed by atoms with Gasteiger partial charge in [-0.25, -0.2) is 0 Å². The normalized spacial score (nSPS) is 15.2. The molecule has 0 saturated carbocycles. The van der Waals surface area contributed by atoms with Crippen LogP contribution in [0.3, 0.4) is 0 Å². The van der Waals surface area contributed by atoms with Crippen LogP contribution in [0.4, 0.5) is 5.69 Å². The van der Waals surface area contributed by atoms with Crippen molar-refractivity contribution < 1.29 is 9.53 Å². The van der Waals surface area contributed by atoms with E-state index < -0.39 is 5.91 Å². The highest BCUT2D eigenvalue weighted by molar-refractivity contribution is 6.06. The molecule has 2 aromatic carbocycles. The number of nitrogens with zero attached hydrogens (tertiary/aromatic N) is 1. The van der Waals surface area contributed by atoms with Gasteiger partial charge in [-0.05, 0) is 44.0 Å². The molecule has 132 valence electrons. The van der Waals surface area contributed by atoms with Crippen molar-refractivity contribution in [1.29, 1.82) is 0 Å². The number of carbonyl (C=O) groups excluding carboxylic acids is 1. The molecule has 1 unspecified atom stereocenters. The van der Waals surface area contributed by atoms with Crippen molar-refractivity contribution in [3.8, 4) is 5.75 Å². The highest BCUT2D eigenvalue weighted by Crippen LogP contribution is 2.31. The predicted octanol–water partition coefficient (Wildman–Crippen LogP) is 3.77. The molecule has 0 fully saturated rings. The van der Waals surface area contributed by atoms with Crippen LogP contribution >= 0.6 is 0 Å². The lowest BCUT2D eigenvalue weighted by molar-refractivity contribution is 0.102. The lowest BCUT2D eigenvalue weighted by atomic mass is 10.1. The van der Waals surface area contributed by atoms with Crippen molar-refractivity contribution in [3.63, 3.8) is 0 Å². The van der Waals surface area contributed by atoms with Gasteiger partial charge in [-0.1, -0.05) is 24.3 Å². The van der Waals surface area contributed by atoms with Crippen LogP contribution in [0, 0.1) is 0 Å². The van der Waals surface area contributed by atoms with Gasteiger partial charge in [0.25, 0.3) is 5.91 Å². The van der Waals surface area contributed by atoms with Gasteiger partial charge < -0.3 is 14.6 Å². The number of nitrogens with one attached hydrogen (secondary N) is 1. The Labute approximate surface area is 151 Å². The second kappa shape index (κ2) is 6.33. The maximum absolute atomic E-state index is 12.9. The first kappa shape index (κ1) is 16.4. The van der Waals surface area contributed by atoms with E-state index in [2.05, 4.69) is 12.2 Å². The van der Waals surface area contributed by atoms with Gasteiger partial charge in [-0.15, -0.1) is 0 Å². The summed E-state index contributed by atoms with van der Waals surface area (Å²) < 4.78 is 7.58. The highest BCUT2D eigenvalue weighted by Gasteiger charge is 2.24. The summed E-state index contributed by atoms with van der Waals surface area (Å²) in [5, 5.41) is 3.42. The summed E-state index contributed by atoms with van der Waals surface area (Å²) in [4.78, 5) is 25.8. The topological polar surface area (TPSA) is 60.3 Å². The first-order valence-electron chi connectivity index (χ1n) is 8.80. The second-order valence-electron chi connectivity index (χ2n) is 6.53. The van der Waals surface area contributed by atoms with Gasteiger partial charge >= 0.3 is 0 Å². The van der Waals surface area contributed by atoms with Gasteiger partial charge in [0, 0.05) is 17.6 Å². The third-order valence-electron chi connectivity index (χ3n) is 4.81. The fourth-order valence-electron chi connectivity index (χ4n) is 3.62. The van der Waals surface area contributed by atoms with Gasteiger partial charge in [-0.2, -0.15) is 0 Å². The van der Waals surface area contributed by atoms with Gasteiger partial charge in [0.15, 0.2) is 0 Å². The quantitative estimate of drug-likeness (QED) is 0.781. The standard InChI is InChI=1S/C21H20N2O3/c1-3-26-18-10-5-4-9-17(18)22-21(25)16-12-23-13(2)11-14-7-6-8-15(19(14)23)20(16)24/h4-10,12-13H,3,11H2,1-2H3,(H,22,25). The highest BCUT2D eigenvalue weighted by atomic mass is 16.5. The van der Waals surface area contributed by atoms with E-state index >= 15 is 0 Å². The minimum Gasteiger partial charge on any atom is -0.492 e. The number of aromatic nitrogens is 1. The average molecular weight is 348 g/mol. The van der Waals surface area contributed by atoms with Crippen LogP contribution in [-0.4, -0.2) is 17.1 Å². The summed E-state index contributed by atoms with van der Waals surface area (Å²) in [5.41, 5.74) is 2.56. The largest absolute Gasteiger partial charge is 0.492 e. The smallest absolute Gasteiger partial charge is 0.261 e. The summed E-state index contributed by atoms with van der Waals surface area (Å²) >= 11 is 0. The van der Waals surface area contributed by atoms with E-state index in [4.69, 9.17) is 4.74 Å². The Bertz CT molecular complexity index is 1070. The molecule has 1 aromatic heterocycles. The van der Waals surface area contributed by atoms with Crippen LogP contribution in [0.15, 0.2) is 53.5 Å². The van der Waals surface area contributed by atoms with Gasteiger partial charge in [0.1, 0.15) is 11.3 Å². The van der Waals surface area contributed by atoms with Crippen LogP contribution in [0.1, 0.15) is 35.8 Å². The lowest BCUT2D eigenvalue weighted by Crippen LogP contribution is -2.24. The molecule has 1 N–H and O–H groups in total. The number of rotatable bonds is 4. The summed E-state index contributed by atoms with van der Waals surface area (Å²) in [6.07, 6.45) is 2.56. The molecular weight excluding hydrogens is 328 g/mol. The summed E-state index contributed by atoms with van der Waals surface area (Å²) in [7, 11) is 0. The molecule has 5 nitrogen and oxygen atoms in total. The number of pyridine rings is 1. The van der Waals surface area contributed by atoms with E-state index in [1.165, 1.54) is 0 Å². The Balaban J connectivity index is 1.78. The number of hydrogen-bond acceptors (Lipinski definition) is 3.